The fraction of sp³-hybridized carbons (Fsp3) is 0.300. The highest BCUT2D eigenvalue weighted by Gasteiger charge is 1.99. The van der Waals surface area contributed by atoms with Gasteiger partial charge in [-0.3, -0.25) is 4.79 Å². The molecule has 0 radical (unpaired) electrons. The Kier molecular flexibility index (Phi) is 3.00. The molecule has 64 valence electrons. The maximum Gasteiger partial charge on any atom is 0.150 e. The third kappa shape index (κ3) is 1.71. The monoisotopic (exact) mass is 164 g/mol. The van der Waals surface area contributed by atoms with Gasteiger partial charge in [-0.25, -0.2) is 0 Å². The maximum absolute atomic E-state index is 10.4. The largest absolute Gasteiger partial charge is 0.392 e. The molecule has 0 atom stereocenters. The SMILES string of the molecule is CCc1ccc(C=O)cc1CO. The first-order valence-electron chi connectivity index (χ1n) is 3.99. The van der Waals surface area contributed by atoms with Crippen LogP contribution in [0.1, 0.15) is 28.4 Å². The molecule has 0 bridgehead atoms. The van der Waals surface area contributed by atoms with Gasteiger partial charge in [-0.2, -0.15) is 0 Å². The number of aliphatic hydroxyl groups is 1. The molecule has 0 amide bonds. The molecular formula is C10H12O2. The molecular weight excluding hydrogens is 152 g/mol. The minimum atomic E-state index is 0.00481. The van der Waals surface area contributed by atoms with Gasteiger partial charge in [0.05, 0.1) is 6.61 Å². The number of aliphatic hydroxyl groups excluding tert-OH is 1. The summed E-state index contributed by atoms with van der Waals surface area (Å²) in [7, 11) is 0. The number of aryl methyl sites for hydroxylation is 1. The second kappa shape index (κ2) is 4.02. The summed E-state index contributed by atoms with van der Waals surface area (Å²) in [5.41, 5.74) is 2.57. The Balaban J connectivity index is 3.10. The van der Waals surface area contributed by atoms with Crippen LogP contribution in [0.5, 0.6) is 0 Å². The van der Waals surface area contributed by atoms with Gasteiger partial charge in [0.1, 0.15) is 6.29 Å². The Hall–Kier alpha value is -1.15. The van der Waals surface area contributed by atoms with Crippen LogP contribution < -0.4 is 0 Å². The van der Waals surface area contributed by atoms with E-state index < -0.39 is 0 Å². The summed E-state index contributed by atoms with van der Waals surface area (Å²) < 4.78 is 0. The molecule has 1 aromatic rings. The minimum Gasteiger partial charge on any atom is -0.392 e. The predicted molar refractivity (Wildman–Crippen MR) is 47.1 cm³/mol. The average molecular weight is 164 g/mol. The Morgan fingerprint density at radius 2 is 2.17 bits per heavy atom. The third-order valence-corrected chi connectivity index (χ3v) is 1.92. The first kappa shape index (κ1) is 8.94. The third-order valence-electron chi connectivity index (χ3n) is 1.92. The molecule has 0 spiro atoms. The molecule has 1 N–H and O–H groups in total. The molecule has 0 saturated heterocycles. The molecule has 0 aliphatic carbocycles. The van der Waals surface area contributed by atoms with Gasteiger partial charge in [-0.1, -0.05) is 19.1 Å². The summed E-state index contributed by atoms with van der Waals surface area (Å²) in [4.78, 5) is 10.4. The Bertz CT molecular complexity index is 279. The topological polar surface area (TPSA) is 37.3 Å². The van der Waals surface area contributed by atoms with E-state index in [4.69, 9.17) is 5.11 Å². The van der Waals surface area contributed by atoms with E-state index in [1.165, 1.54) is 0 Å². The molecule has 1 rings (SSSR count). The van der Waals surface area contributed by atoms with Crippen molar-refractivity contribution in [3.05, 3.63) is 34.9 Å². The fourth-order valence-corrected chi connectivity index (χ4v) is 1.21. The molecule has 0 aliphatic rings. The van der Waals surface area contributed by atoms with Crippen LogP contribution in [0.2, 0.25) is 0 Å². The lowest BCUT2D eigenvalue weighted by Gasteiger charge is -2.04. The average Bonchev–Trinajstić information content (AvgIpc) is 2.16. The lowest BCUT2D eigenvalue weighted by molar-refractivity contribution is 0.112. The van der Waals surface area contributed by atoms with Crippen LogP contribution in [0.25, 0.3) is 0 Å². The fourth-order valence-electron chi connectivity index (χ4n) is 1.21. The van der Waals surface area contributed by atoms with Crippen molar-refractivity contribution in [3.63, 3.8) is 0 Å². The van der Waals surface area contributed by atoms with E-state index in [9.17, 15) is 4.79 Å². The summed E-state index contributed by atoms with van der Waals surface area (Å²) in [6, 6.07) is 5.38. The number of rotatable bonds is 3. The van der Waals surface area contributed by atoms with Crippen LogP contribution in [-0.4, -0.2) is 11.4 Å². The number of carbonyl (C=O) groups is 1. The van der Waals surface area contributed by atoms with Crippen LogP contribution >= 0.6 is 0 Å². The molecule has 2 nitrogen and oxygen atoms in total. The van der Waals surface area contributed by atoms with Gasteiger partial charge in [0.15, 0.2) is 0 Å². The van der Waals surface area contributed by atoms with E-state index in [1.807, 2.05) is 13.0 Å². The summed E-state index contributed by atoms with van der Waals surface area (Å²) >= 11 is 0. The van der Waals surface area contributed by atoms with Crippen molar-refractivity contribution in [2.24, 2.45) is 0 Å². The molecule has 0 saturated carbocycles. The number of hydrogen-bond acceptors (Lipinski definition) is 2. The van der Waals surface area contributed by atoms with Gasteiger partial charge in [0.2, 0.25) is 0 Å². The zero-order valence-corrected chi connectivity index (χ0v) is 7.08. The zero-order valence-electron chi connectivity index (χ0n) is 7.08. The molecule has 0 unspecified atom stereocenters. The smallest absolute Gasteiger partial charge is 0.150 e. The summed E-state index contributed by atoms with van der Waals surface area (Å²) in [5, 5.41) is 8.95. The van der Waals surface area contributed by atoms with E-state index in [-0.39, 0.29) is 6.61 Å². The van der Waals surface area contributed by atoms with Crippen molar-refractivity contribution < 1.29 is 9.90 Å². The number of hydrogen-bond donors (Lipinski definition) is 1. The normalized spacial score (nSPS) is 9.83. The van der Waals surface area contributed by atoms with E-state index in [0.717, 1.165) is 23.8 Å². The Morgan fingerprint density at radius 3 is 2.67 bits per heavy atom. The first-order valence-corrected chi connectivity index (χ1v) is 3.99. The maximum atomic E-state index is 10.4. The number of aldehydes is 1. The van der Waals surface area contributed by atoms with Crippen molar-refractivity contribution in [3.8, 4) is 0 Å². The number of benzene rings is 1. The molecule has 1 aromatic carbocycles. The van der Waals surface area contributed by atoms with E-state index in [1.54, 1.807) is 12.1 Å². The Labute approximate surface area is 71.8 Å². The first-order chi connectivity index (χ1) is 5.81. The lowest BCUT2D eigenvalue weighted by Crippen LogP contribution is -1.94. The van der Waals surface area contributed by atoms with Gasteiger partial charge in [0, 0.05) is 5.56 Å². The molecule has 0 aliphatic heterocycles. The molecule has 2 heteroatoms. The van der Waals surface area contributed by atoms with Crippen molar-refractivity contribution in [2.75, 3.05) is 0 Å². The minimum absolute atomic E-state index is 0.00481. The second-order valence-electron chi connectivity index (χ2n) is 2.66. The van der Waals surface area contributed by atoms with Crippen molar-refractivity contribution in [1.29, 1.82) is 0 Å². The predicted octanol–water partition coefficient (Wildman–Crippen LogP) is 1.55. The van der Waals surface area contributed by atoms with Crippen molar-refractivity contribution >= 4 is 6.29 Å². The van der Waals surface area contributed by atoms with E-state index >= 15 is 0 Å². The van der Waals surface area contributed by atoms with Gasteiger partial charge in [-0.05, 0) is 23.6 Å². The lowest BCUT2D eigenvalue weighted by atomic mass is 10.0. The zero-order chi connectivity index (χ0) is 8.97. The van der Waals surface area contributed by atoms with E-state index in [0.29, 0.717) is 5.56 Å². The standard InChI is InChI=1S/C10H12O2/c1-2-9-4-3-8(6-11)5-10(9)7-12/h3-6,12H,2,7H2,1H3. The van der Waals surface area contributed by atoms with Crippen LogP contribution in [0.3, 0.4) is 0 Å². The van der Waals surface area contributed by atoms with Crippen LogP contribution in [0.15, 0.2) is 18.2 Å². The summed E-state index contributed by atoms with van der Waals surface area (Å²) in [6.07, 6.45) is 1.67. The highest BCUT2D eigenvalue weighted by Crippen LogP contribution is 2.11. The van der Waals surface area contributed by atoms with Crippen LogP contribution in [-0.2, 0) is 13.0 Å². The molecule has 0 heterocycles. The Morgan fingerprint density at radius 1 is 1.42 bits per heavy atom. The van der Waals surface area contributed by atoms with Crippen molar-refractivity contribution in [1.82, 2.24) is 0 Å². The molecule has 12 heavy (non-hydrogen) atoms. The summed E-state index contributed by atoms with van der Waals surface area (Å²) in [6.45, 7) is 2.03. The van der Waals surface area contributed by atoms with Gasteiger partial charge < -0.3 is 5.11 Å². The van der Waals surface area contributed by atoms with E-state index in [2.05, 4.69) is 0 Å². The van der Waals surface area contributed by atoms with Crippen LogP contribution in [0, 0.1) is 0 Å². The van der Waals surface area contributed by atoms with Crippen LogP contribution in [0.4, 0.5) is 0 Å². The van der Waals surface area contributed by atoms with Gasteiger partial charge >= 0.3 is 0 Å². The van der Waals surface area contributed by atoms with Crippen molar-refractivity contribution in [2.45, 2.75) is 20.0 Å². The number of carbonyl (C=O) groups excluding carboxylic acids is 1. The summed E-state index contributed by atoms with van der Waals surface area (Å²) in [5.74, 6) is 0. The highest BCUT2D eigenvalue weighted by molar-refractivity contribution is 5.75. The highest BCUT2D eigenvalue weighted by atomic mass is 16.3. The molecule has 0 fully saturated rings. The van der Waals surface area contributed by atoms with Gasteiger partial charge in [-0.15, -0.1) is 0 Å². The quantitative estimate of drug-likeness (QED) is 0.688. The molecule has 0 aromatic heterocycles. The second-order valence-corrected chi connectivity index (χ2v) is 2.66. The van der Waals surface area contributed by atoms with Gasteiger partial charge in [0.25, 0.3) is 0 Å².